The van der Waals surface area contributed by atoms with E-state index in [4.69, 9.17) is 4.99 Å². The van der Waals surface area contributed by atoms with Crippen LogP contribution in [0.3, 0.4) is 0 Å². The highest BCUT2D eigenvalue weighted by atomic mass is 32.1. The van der Waals surface area contributed by atoms with E-state index < -0.39 is 0 Å². The first-order valence-electron chi connectivity index (χ1n) is 8.00. The van der Waals surface area contributed by atoms with Gasteiger partial charge >= 0.3 is 0 Å². The molecule has 0 aliphatic heterocycles. The van der Waals surface area contributed by atoms with Crippen molar-refractivity contribution in [3.8, 4) is 0 Å². The van der Waals surface area contributed by atoms with Crippen LogP contribution in [0, 0.1) is 6.92 Å². The highest BCUT2D eigenvalue weighted by Gasteiger charge is 2.02. The van der Waals surface area contributed by atoms with E-state index in [-0.39, 0.29) is 0 Å². The van der Waals surface area contributed by atoms with E-state index in [1.54, 1.807) is 11.3 Å². The van der Waals surface area contributed by atoms with Crippen molar-refractivity contribution in [1.29, 1.82) is 0 Å². The van der Waals surface area contributed by atoms with Gasteiger partial charge in [0.15, 0.2) is 4.80 Å². The van der Waals surface area contributed by atoms with Gasteiger partial charge < -0.3 is 9.13 Å². The Hall–Kier alpha value is -2.14. The minimum atomic E-state index is 0.972. The zero-order valence-electron chi connectivity index (χ0n) is 13.6. The summed E-state index contributed by atoms with van der Waals surface area (Å²) in [4.78, 5) is 9.96. The fourth-order valence-corrected chi connectivity index (χ4v) is 3.45. The molecule has 2 heterocycles. The van der Waals surface area contributed by atoms with Gasteiger partial charge in [-0.2, -0.15) is 0 Å². The largest absolute Gasteiger partial charge is 0.337 e. The molecule has 5 heteroatoms. The van der Waals surface area contributed by atoms with Crippen molar-refractivity contribution in [2.75, 3.05) is 0 Å². The molecule has 0 amide bonds. The molecular weight excluding hydrogens is 304 g/mol. The summed E-state index contributed by atoms with van der Waals surface area (Å²) in [6, 6.07) is 8.51. The van der Waals surface area contributed by atoms with Crippen molar-refractivity contribution in [2.24, 2.45) is 4.99 Å². The third kappa shape index (κ3) is 3.99. The lowest BCUT2D eigenvalue weighted by atomic mass is 10.2. The first-order valence-corrected chi connectivity index (χ1v) is 8.88. The molecule has 1 aromatic carbocycles. The molecule has 0 bridgehead atoms. The maximum absolute atomic E-state index is 4.82. The quantitative estimate of drug-likeness (QED) is 0.676. The van der Waals surface area contributed by atoms with Crippen LogP contribution >= 0.6 is 11.3 Å². The number of benzene rings is 1. The number of hydrogen-bond donors (Lipinski definition) is 0. The zero-order valence-corrected chi connectivity index (χ0v) is 14.5. The van der Waals surface area contributed by atoms with Crippen LogP contribution in [-0.4, -0.2) is 14.1 Å². The van der Waals surface area contributed by atoms with E-state index in [0.29, 0.717) is 0 Å². The average molecular weight is 326 g/mol. The van der Waals surface area contributed by atoms with E-state index in [1.807, 2.05) is 18.7 Å². The summed E-state index contributed by atoms with van der Waals surface area (Å²) in [6.45, 7) is 6.27. The van der Waals surface area contributed by atoms with Crippen LogP contribution in [0.5, 0.6) is 0 Å². The molecule has 120 valence electrons. The van der Waals surface area contributed by atoms with Gasteiger partial charge in [0.1, 0.15) is 0 Å². The molecular formula is C18H22N4S. The fraction of sp³-hybridized carbons (Fsp3) is 0.333. The van der Waals surface area contributed by atoms with Gasteiger partial charge in [-0.05, 0) is 37.5 Å². The Balaban J connectivity index is 1.75. The van der Waals surface area contributed by atoms with Gasteiger partial charge in [0.05, 0.1) is 12.0 Å². The second-order valence-electron chi connectivity index (χ2n) is 5.60. The Morgan fingerprint density at radius 3 is 2.70 bits per heavy atom. The molecule has 0 unspecified atom stereocenters. The second kappa shape index (κ2) is 7.42. The minimum Gasteiger partial charge on any atom is -0.337 e. The lowest BCUT2D eigenvalue weighted by molar-refractivity contribution is 0.548. The standard InChI is InChI=1S/C18H22N4S/c1-3-16-5-7-17(8-6-16)20-18-22(15(2)13-23-18)11-4-10-21-12-9-19-14-21/h5-9,12-14H,3-4,10-11H2,1-2H3. The number of thiazole rings is 1. The van der Waals surface area contributed by atoms with Crippen LogP contribution in [0.4, 0.5) is 5.69 Å². The van der Waals surface area contributed by atoms with E-state index in [0.717, 1.165) is 36.4 Å². The number of rotatable bonds is 6. The third-order valence-corrected chi connectivity index (χ3v) is 4.90. The Morgan fingerprint density at radius 1 is 1.17 bits per heavy atom. The van der Waals surface area contributed by atoms with Gasteiger partial charge in [0, 0.05) is 36.6 Å². The Kier molecular flexibility index (Phi) is 5.08. The molecule has 3 aromatic rings. The van der Waals surface area contributed by atoms with Crippen molar-refractivity contribution in [2.45, 2.75) is 39.8 Å². The van der Waals surface area contributed by atoms with E-state index >= 15 is 0 Å². The number of nitrogens with zero attached hydrogens (tertiary/aromatic N) is 4. The van der Waals surface area contributed by atoms with Crippen molar-refractivity contribution >= 4 is 17.0 Å². The topological polar surface area (TPSA) is 35.1 Å². The molecule has 0 saturated carbocycles. The maximum atomic E-state index is 4.82. The molecule has 3 rings (SSSR count). The summed E-state index contributed by atoms with van der Waals surface area (Å²) < 4.78 is 4.41. The molecule has 0 spiro atoms. The van der Waals surface area contributed by atoms with Crippen LogP contribution in [0.1, 0.15) is 24.6 Å². The van der Waals surface area contributed by atoms with E-state index in [9.17, 15) is 0 Å². The van der Waals surface area contributed by atoms with Crippen LogP contribution in [0.25, 0.3) is 0 Å². The zero-order chi connectivity index (χ0) is 16.1. The highest BCUT2D eigenvalue weighted by molar-refractivity contribution is 7.07. The lowest BCUT2D eigenvalue weighted by Gasteiger charge is -2.06. The summed E-state index contributed by atoms with van der Waals surface area (Å²) in [7, 11) is 0. The van der Waals surface area contributed by atoms with Gasteiger partial charge in [-0.15, -0.1) is 11.3 Å². The molecule has 0 N–H and O–H groups in total. The Bertz CT molecular complexity index is 794. The summed E-state index contributed by atoms with van der Waals surface area (Å²) in [5.41, 5.74) is 3.64. The van der Waals surface area contributed by atoms with Crippen molar-refractivity contribution < 1.29 is 0 Å². The first-order chi connectivity index (χ1) is 11.3. The van der Waals surface area contributed by atoms with Crippen LogP contribution in [-0.2, 0) is 19.5 Å². The number of imidazole rings is 1. The SMILES string of the molecule is CCc1ccc(N=c2scc(C)n2CCCn2ccnc2)cc1. The number of hydrogen-bond acceptors (Lipinski definition) is 3. The van der Waals surface area contributed by atoms with E-state index in [2.05, 4.69) is 57.6 Å². The molecule has 0 aliphatic rings. The summed E-state index contributed by atoms with van der Waals surface area (Å²) in [5.74, 6) is 0. The summed E-state index contributed by atoms with van der Waals surface area (Å²) >= 11 is 1.71. The smallest absolute Gasteiger partial charge is 0.190 e. The highest BCUT2D eigenvalue weighted by Crippen LogP contribution is 2.13. The Labute approximate surface area is 140 Å². The van der Waals surface area contributed by atoms with Crippen molar-refractivity contribution in [3.63, 3.8) is 0 Å². The molecule has 0 saturated heterocycles. The van der Waals surface area contributed by atoms with Crippen LogP contribution in [0.2, 0.25) is 0 Å². The number of aromatic nitrogens is 3. The van der Waals surface area contributed by atoms with Crippen LogP contribution < -0.4 is 4.80 Å². The fourth-order valence-electron chi connectivity index (χ4n) is 2.52. The third-order valence-electron chi connectivity index (χ3n) is 3.92. The predicted octanol–water partition coefficient (Wildman–Crippen LogP) is 3.94. The summed E-state index contributed by atoms with van der Waals surface area (Å²) in [6.07, 6.45) is 7.82. The van der Waals surface area contributed by atoms with Gasteiger partial charge in [-0.3, -0.25) is 0 Å². The van der Waals surface area contributed by atoms with Gasteiger partial charge in [-0.1, -0.05) is 19.1 Å². The van der Waals surface area contributed by atoms with Crippen molar-refractivity contribution in [1.82, 2.24) is 14.1 Å². The Morgan fingerprint density at radius 2 is 2.00 bits per heavy atom. The molecule has 0 radical (unpaired) electrons. The van der Waals surface area contributed by atoms with E-state index in [1.165, 1.54) is 11.3 Å². The van der Waals surface area contributed by atoms with Gasteiger partial charge in [0.25, 0.3) is 0 Å². The molecule has 0 atom stereocenters. The monoisotopic (exact) mass is 326 g/mol. The maximum Gasteiger partial charge on any atom is 0.190 e. The predicted molar refractivity (Wildman–Crippen MR) is 94.9 cm³/mol. The lowest BCUT2D eigenvalue weighted by Crippen LogP contribution is -2.17. The molecule has 2 aromatic heterocycles. The first kappa shape index (κ1) is 15.7. The summed E-state index contributed by atoms with van der Waals surface area (Å²) in [5, 5.41) is 2.18. The molecule has 0 aliphatic carbocycles. The van der Waals surface area contributed by atoms with Gasteiger partial charge in [0.2, 0.25) is 0 Å². The van der Waals surface area contributed by atoms with Crippen LogP contribution in [0.15, 0.2) is 53.4 Å². The average Bonchev–Trinajstić information content (AvgIpc) is 3.20. The normalized spacial score (nSPS) is 12.0. The second-order valence-corrected chi connectivity index (χ2v) is 6.43. The number of aryl methyl sites for hydroxylation is 3. The molecule has 0 fully saturated rings. The van der Waals surface area contributed by atoms with Crippen molar-refractivity contribution in [3.05, 3.63) is 64.4 Å². The molecule has 4 nitrogen and oxygen atoms in total. The minimum absolute atomic E-state index is 0.972. The molecule has 23 heavy (non-hydrogen) atoms. The van der Waals surface area contributed by atoms with Gasteiger partial charge in [-0.25, -0.2) is 9.98 Å².